The normalized spacial score (nSPS) is 10.0. The van der Waals surface area contributed by atoms with Gasteiger partial charge in [0.15, 0.2) is 0 Å². The van der Waals surface area contributed by atoms with E-state index < -0.39 is 0 Å². The Hall–Kier alpha value is -1.71. The quantitative estimate of drug-likeness (QED) is 0.765. The summed E-state index contributed by atoms with van der Waals surface area (Å²) in [5.41, 5.74) is 7.55. The smallest absolute Gasteiger partial charge is 0.317 e. The average Bonchev–Trinajstić information content (AvgIpc) is 2.33. The van der Waals surface area contributed by atoms with Crippen molar-refractivity contribution in [2.45, 2.75) is 20.3 Å². The van der Waals surface area contributed by atoms with Crippen LogP contribution in [0.25, 0.3) is 0 Å². The Morgan fingerprint density at radius 1 is 1.24 bits per heavy atom. The second-order valence-corrected chi connectivity index (χ2v) is 3.90. The van der Waals surface area contributed by atoms with Crippen LogP contribution in [0.2, 0.25) is 0 Å². The molecule has 17 heavy (non-hydrogen) atoms. The highest BCUT2D eigenvalue weighted by atomic mass is 16.2. The lowest BCUT2D eigenvalue weighted by molar-refractivity contribution is 0.203. The summed E-state index contributed by atoms with van der Waals surface area (Å²) in [7, 11) is 0. The number of nitrogens with zero attached hydrogens (tertiary/aromatic N) is 1. The fraction of sp³-hybridized carbons (Fsp3) is 0.462. The molecule has 1 aromatic carbocycles. The Morgan fingerprint density at radius 3 is 2.35 bits per heavy atom. The van der Waals surface area contributed by atoms with Gasteiger partial charge in [-0.15, -0.1) is 0 Å². The number of carbonyl (C=O) groups is 1. The largest absolute Gasteiger partial charge is 0.399 e. The molecule has 1 rings (SSSR count). The highest BCUT2D eigenvalue weighted by molar-refractivity contribution is 5.74. The SMILES string of the molecule is CCN(CC)C(=O)NCCc1ccc(N)cc1. The number of benzene rings is 1. The van der Waals surface area contributed by atoms with Crippen LogP contribution in [0, 0.1) is 0 Å². The molecule has 3 N–H and O–H groups in total. The third kappa shape index (κ3) is 4.34. The molecule has 0 aliphatic heterocycles. The summed E-state index contributed by atoms with van der Waals surface area (Å²) < 4.78 is 0. The predicted octanol–water partition coefficient (Wildman–Crippen LogP) is 1.86. The molecule has 2 amide bonds. The van der Waals surface area contributed by atoms with Gasteiger partial charge in [0, 0.05) is 25.3 Å². The molecule has 0 unspecified atom stereocenters. The Morgan fingerprint density at radius 2 is 1.82 bits per heavy atom. The molecule has 0 saturated carbocycles. The van der Waals surface area contributed by atoms with Crippen molar-refractivity contribution < 1.29 is 4.79 Å². The molecule has 1 aromatic rings. The lowest BCUT2D eigenvalue weighted by Crippen LogP contribution is -2.40. The van der Waals surface area contributed by atoms with Gasteiger partial charge in [-0.2, -0.15) is 0 Å². The summed E-state index contributed by atoms with van der Waals surface area (Å²) in [5, 5.41) is 2.90. The monoisotopic (exact) mass is 235 g/mol. The van der Waals surface area contributed by atoms with Gasteiger partial charge in [-0.3, -0.25) is 0 Å². The van der Waals surface area contributed by atoms with Gasteiger partial charge in [0.1, 0.15) is 0 Å². The average molecular weight is 235 g/mol. The second kappa shape index (κ2) is 6.78. The maximum Gasteiger partial charge on any atom is 0.317 e. The first kappa shape index (κ1) is 13.4. The van der Waals surface area contributed by atoms with Crippen molar-refractivity contribution in [2.75, 3.05) is 25.4 Å². The number of hydrogen-bond donors (Lipinski definition) is 2. The number of amides is 2. The highest BCUT2D eigenvalue weighted by Crippen LogP contribution is 2.05. The Balaban J connectivity index is 2.32. The van der Waals surface area contributed by atoms with Crippen LogP contribution in [0.3, 0.4) is 0 Å². The topological polar surface area (TPSA) is 58.4 Å². The summed E-state index contributed by atoms with van der Waals surface area (Å²) in [5.74, 6) is 0. The molecule has 0 spiro atoms. The van der Waals surface area contributed by atoms with Gasteiger partial charge in [-0.1, -0.05) is 12.1 Å². The molecular formula is C13H21N3O. The van der Waals surface area contributed by atoms with Crippen LogP contribution in [0.4, 0.5) is 10.5 Å². The number of anilines is 1. The molecule has 0 aliphatic carbocycles. The molecular weight excluding hydrogens is 214 g/mol. The number of nitrogen functional groups attached to an aromatic ring is 1. The first-order valence-corrected chi connectivity index (χ1v) is 6.04. The first-order chi connectivity index (χ1) is 8.17. The molecule has 0 heterocycles. The number of rotatable bonds is 5. The summed E-state index contributed by atoms with van der Waals surface area (Å²) in [6, 6.07) is 7.73. The third-order valence-corrected chi connectivity index (χ3v) is 2.72. The van der Waals surface area contributed by atoms with Gasteiger partial charge in [-0.25, -0.2) is 4.79 Å². The molecule has 4 nitrogen and oxygen atoms in total. The molecule has 0 aromatic heterocycles. The van der Waals surface area contributed by atoms with Crippen molar-refractivity contribution >= 4 is 11.7 Å². The van der Waals surface area contributed by atoms with Gasteiger partial charge in [0.2, 0.25) is 0 Å². The standard InChI is InChI=1S/C13H21N3O/c1-3-16(4-2)13(17)15-10-9-11-5-7-12(14)8-6-11/h5-8H,3-4,9-10,14H2,1-2H3,(H,15,17). The Labute approximate surface area is 103 Å². The molecule has 0 atom stereocenters. The van der Waals surface area contributed by atoms with Gasteiger partial charge in [-0.05, 0) is 38.0 Å². The van der Waals surface area contributed by atoms with Crippen molar-refractivity contribution in [1.82, 2.24) is 10.2 Å². The maximum absolute atomic E-state index is 11.6. The van der Waals surface area contributed by atoms with Crippen molar-refractivity contribution in [1.29, 1.82) is 0 Å². The van der Waals surface area contributed by atoms with Crippen molar-refractivity contribution in [3.63, 3.8) is 0 Å². The minimum absolute atomic E-state index is 0.00504. The van der Waals surface area contributed by atoms with E-state index in [1.807, 2.05) is 38.1 Å². The molecule has 0 radical (unpaired) electrons. The first-order valence-electron chi connectivity index (χ1n) is 6.04. The zero-order chi connectivity index (χ0) is 12.7. The fourth-order valence-electron chi connectivity index (χ4n) is 1.62. The second-order valence-electron chi connectivity index (χ2n) is 3.90. The number of nitrogens with two attached hydrogens (primary N) is 1. The van der Waals surface area contributed by atoms with Crippen molar-refractivity contribution in [3.8, 4) is 0 Å². The van der Waals surface area contributed by atoms with E-state index >= 15 is 0 Å². The molecule has 0 bridgehead atoms. The summed E-state index contributed by atoms with van der Waals surface area (Å²) in [4.78, 5) is 13.4. The third-order valence-electron chi connectivity index (χ3n) is 2.72. The molecule has 0 fully saturated rings. The number of urea groups is 1. The lowest BCUT2D eigenvalue weighted by atomic mass is 10.1. The molecule has 0 aliphatic rings. The van der Waals surface area contributed by atoms with Gasteiger partial charge in [0.05, 0.1) is 0 Å². The van der Waals surface area contributed by atoms with E-state index in [4.69, 9.17) is 5.73 Å². The molecule has 4 heteroatoms. The summed E-state index contributed by atoms with van der Waals surface area (Å²) in [6.45, 7) is 6.08. The molecule has 94 valence electrons. The predicted molar refractivity (Wildman–Crippen MR) is 70.9 cm³/mol. The highest BCUT2D eigenvalue weighted by Gasteiger charge is 2.07. The van der Waals surface area contributed by atoms with Crippen molar-refractivity contribution in [2.24, 2.45) is 0 Å². The van der Waals surface area contributed by atoms with Gasteiger partial charge in [0.25, 0.3) is 0 Å². The van der Waals surface area contributed by atoms with Crippen LogP contribution in [-0.4, -0.2) is 30.6 Å². The van der Waals surface area contributed by atoms with Crippen LogP contribution in [0.1, 0.15) is 19.4 Å². The minimum Gasteiger partial charge on any atom is -0.399 e. The van der Waals surface area contributed by atoms with E-state index in [0.29, 0.717) is 6.54 Å². The Kier molecular flexibility index (Phi) is 5.33. The number of nitrogens with one attached hydrogen (secondary N) is 1. The van der Waals surface area contributed by atoms with Crippen LogP contribution < -0.4 is 11.1 Å². The van der Waals surface area contributed by atoms with Crippen LogP contribution >= 0.6 is 0 Å². The summed E-state index contributed by atoms with van der Waals surface area (Å²) in [6.07, 6.45) is 0.827. The molecule has 0 saturated heterocycles. The fourth-order valence-corrected chi connectivity index (χ4v) is 1.62. The van der Waals surface area contributed by atoms with Crippen LogP contribution in [-0.2, 0) is 6.42 Å². The Bertz CT molecular complexity index is 344. The van der Waals surface area contributed by atoms with Gasteiger partial charge < -0.3 is 16.0 Å². The van der Waals surface area contributed by atoms with E-state index in [0.717, 1.165) is 25.2 Å². The minimum atomic E-state index is 0.00504. The van der Waals surface area contributed by atoms with Crippen LogP contribution in [0.5, 0.6) is 0 Å². The number of carbonyl (C=O) groups excluding carboxylic acids is 1. The van der Waals surface area contributed by atoms with E-state index in [9.17, 15) is 4.79 Å². The van der Waals surface area contributed by atoms with Crippen molar-refractivity contribution in [3.05, 3.63) is 29.8 Å². The van der Waals surface area contributed by atoms with Crippen LogP contribution in [0.15, 0.2) is 24.3 Å². The zero-order valence-electron chi connectivity index (χ0n) is 10.6. The number of hydrogen-bond acceptors (Lipinski definition) is 2. The summed E-state index contributed by atoms with van der Waals surface area (Å²) >= 11 is 0. The van der Waals surface area contributed by atoms with E-state index in [-0.39, 0.29) is 6.03 Å². The van der Waals surface area contributed by atoms with E-state index in [1.165, 1.54) is 5.56 Å². The maximum atomic E-state index is 11.6. The lowest BCUT2D eigenvalue weighted by Gasteiger charge is -2.19. The van der Waals surface area contributed by atoms with E-state index in [1.54, 1.807) is 4.90 Å². The van der Waals surface area contributed by atoms with E-state index in [2.05, 4.69) is 5.32 Å². The zero-order valence-corrected chi connectivity index (χ0v) is 10.6. The van der Waals surface area contributed by atoms with Gasteiger partial charge >= 0.3 is 6.03 Å².